The van der Waals surface area contributed by atoms with Crippen LogP contribution in [0.2, 0.25) is 0 Å². The van der Waals surface area contributed by atoms with Gasteiger partial charge < -0.3 is 10.0 Å². The molecule has 0 aliphatic heterocycles. The van der Waals surface area contributed by atoms with Crippen LogP contribution in [0.15, 0.2) is 67.4 Å². The van der Waals surface area contributed by atoms with Crippen molar-refractivity contribution in [3.05, 3.63) is 72.9 Å². The molecule has 5 nitrogen and oxygen atoms in total. The first-order valence-corrected chi connectivity index (χ1v) is 8.17. The van der Waals surface area contributed by atoms with Gasteiger partial charge in [-0.1, -0.05) is 31.2 Å². The van der Waals surface area contributed by atoms with Crippen LogP contribution in [-0.2, 0) is 6.54 Å². The Morgan fingerprint density at radius 1 is 1.17 bits per heavy atom. The largest absolute Gasteiger partial charge is 0.394 e. The molecule has 0 aliphatic rings. The van der Waals surface area contributed by atoms with Crippen LogP contribution in [0.1, 0.15) is 18.9 Å². The van der Waals surface area contributed by atoms with Gasteiger partial charge in [0.2, 0.25) is 0 Å². The first-order chi connectivity index (χ1) is 11.8. The minimum atomic E-state index is 0.0840. The van der Waals surface area contributed by atoms with E-state index < -0.39 is 0 Å². The highest BCUT2D eigenvalue weighted by Gasteiger charge is 2.17. The second-order valence-corrected chi connectivity index (χ2v) is 5.70. The number of para-hydroxylation sites is 1. The summed E-state index contributed by atoms with van der Waals surface area (Å²) >= 11 is 0. The van der Waals surface area contributed by atoms with E-state index in [1.807, 2.05) is 41.2 Å². The molecule has 24 heavy (non-hydrogen) atoms. The molecular formula is C19H22N4O. The van der Waals surface area contributed by atoms with Crippen molar-refractivity contribution in [2.75, 3.05) is 11.5 Å². The summed E-state index contributed by atoms with van der Waals surface area (Å²) in [5, 5.41) is 9.74. The highest BCUT2D eigenvalue weighted by atomic mass is 16.3. The van der Waals surface area contributed by atoms with Crippen LogP contribution in [0, 0.1) is 0 Å². The predicted octanol–water partition coefficient (Wildman–Crippen LogP) is 3.04. The van der Waals surface area contributed by atoms with Gasteiger partial charge in [-0.15, -0.1) is 0 Å². The lowest BCUT2D eigenvalue weighted by Crippen LogP contribution is -2.37. The molecule has 3 aromatic rings. The normalized spacial score (nSPS) is 12.1. The number of nitrogens with zero attached hydrogens (tertiary/aromatic N) is 4. The fourth-order valence-corrected chi connectivity index (χ4v) is 2.75. The number of benzene rings is 1. The molecule has 0 radical (unpaired) electrons. The van der Waals surface area contributed by atoms with Crippen molar-refractivity contribution in [2.24, 2.45) is 0 Å². The molecule has 0 amide bonds. The van der Waals surface area contributed by atoms with Gasteiger partial charge in [0.1, 0.15) is 12.1 Å². The van der Waals surface area contributed by atoms with E-state index in [9.17, 15) is 5.11 Å². The van der Waals surface area contributed by atoms with Crippen molar-refractivity contribution in [3.63, 3.8) is 0 Å². The highest BCUT2D eigenvalue weighted by Crippen LogP contribution is 2.21. The maximum atomic E-state index is 9.74. The molecule has 2 aromatic heterocycles. The second-order valence-electron chi connectivity index (χ2n) is 5.70. The third-order valence-corrected chi connectivity index (χ3v) is 4.14. The number of rotatable bonds is 7. The average Bonchev–Trinajstić information content (AvgIpc) is 3.18. The molecule has 0 saturated carbocycles. The zero-order chi connectivity index (χ0) is 16.8. The van der Waals surface area contributed by atoms with Gasteiger partial charge in [0, 0.05) is 30.8 Å². The van der Waals surface area contributed by atoms with Crippen LogP contribution in [0.4, 0.5) is 5.69 Å². The summed E-state index contributed by atoms with van der Waals surface area (Å²) in [5.74, 6) is 0.844. The van der Waals surface area contributed by atoms with Crippen LogP contribution in [0.5, 0.6) is 0 Å². The Hall–Kier alpha value is -2.66. The molecule has 0 saturated heterocycles. The van der Waals surface area contributed by atoms with Gasteiger partial charge in [-0.2, -0.15) is 0 Å². The Balaban J connectivity index is 1.82. The third-order valence-electron chi connectivity index (χ3n) is 4.14. The molecule has 0 aliphatic carbocycles. The first-order valence-electron chi connectivity index (χ1n) is 8.17. The summed E-state index contributed by atoms with van der Waals surface area (Å²) in [6, 6.07) is 14.3. The Bertz CT molecular complexity index is 722. The van der Waals surface area contributed by atoms with E-state index in [2.05, 4.69) is 40.0 Å². The van der Waals surface area contributed by atoms with E-state index in [0.29, 0.717) is 6.54 Å². The molecule has 0 bridgehead atoms. The fraction of sp³-hybridized carbons (Fsp3) is 0.263. The fourth-order valence-electron chi connectivity index (χ4n) is 2.75. The molecule has 2 heterocycles. The van der Waals surface area contributed by atoms with Crippen LogP contribution in [0.3, 0.4) is 0 Å². The van der Waals surface area contributed by atoms with E-state index in [1.54, 1.807) is 12.5 Å². The molecule has 1 atom stereocenters. The van der Waals surface area contributed by atoms with Gasteiger partial charge in [0.25, 0.3) is 0 Å². The smallest absolute Gasteiger partial charge is 0.137 e. The summed E-state index contributed by atoms with van der Waals surface area (Å²) in [4.78, 5) is 10.8. The van der Waals surface area contributed by atoms with Gasteiger partial charge in [-0.05, 0) is 30.2 Å². The molecular weight excluding hydrogens is 300 g/mol. The van der Waals surface area contributed by atoms with E-state index in [4.69, 9.17) is 0 Å². The zero-order valence-electron chi connectivity index (χ0n) is 13.8. The lowest BCUT2D eigenvalue weighted by Gasteiger charge is -2.32. The quantitative estimate of drug-likeness (QED) is 0.726. The van der Waals surface area contributed by atoms with Crippen molar-refractivity contribution >= 4 is 5.69 Å². The molecule has 1 aromatic carbocycles. The van der Waals surface area contributed by atoms with E-state index in [0.717, 1.165) is 23.5 Å². The standard InChI is InChI=1S/C19H22N4O/c1-2-17(14-24)23(18-6-4-3-5-7-18)13-16-8-9-19(21-12-16)22-11-10-20-15-22/h3-12,15,17,24H,2,13-14H2,1H3. The van der Waals surface area contributed by atoms with E-state index >= 15 is 0 Å². The summed E-state index contributed by atoms with van der Waals surface area (Å²) < 4.78 is 1.88. The maximum absolute atomic E-state index is 9.74. The second kappa shape index (κ2) is 7.75. The molecule has 124 valence electrons. The SMILES string of the molecule is CCC(CO)N(Cc1ccc(-n2ccnc2)nc1)c1ccccc1. The van der Waals surface area contributed by atoms with Crippen molar-refractivity contribution in [1.29, 1.82) is 0 Å². The number of aliphatic hydroxyl groups is 1. The average molecular weight is 322 g/mol. The summed E-state index contributed by atoms with van der Waals surface area (Å²) in [7, 11) is 0. The Morgan fingerprint density at radius 3 is 2.58 bits per heavy atom. The Labute approximate surface area is 142 Å². The number of pyridine rings is 1. The van der Waals surface area contributed by atoms with Crippen molar-refractivity contribution < 1.29 is 5.11 Å². The van der Waals surface area contributed by atoms with Crippen molar-refractivity contribution in [3.8, 4) is 5.82 Å². The monoisotopic (exact) mass is 322 g/mol. The van der Waals surface area contributed by atoms with Crippen LogP contribution >= 0.6 is 0 Å². The molecule has 1 N–H and O–H groups in total. The summed E-state index contributed by atoms with van der Waals surface area (Å²) in [5.41, 5.74) is 2.21. The number of aliphatic hydroxyl groups excluding tert-OH is 1. The minimum Gasteiger partial charge on any atom is -0.394 e. The Morgan fingerprint density at radius 2 is 2.00 bits per heavy atom. The minimum absolute atomic E-state index is 0.0840. The van der Waals surface area contributed by atoms with Gasteiger partial charge >= 0.3 is 0 Å². The zero-order valence-corrected chi connectivity index (χ0v) is 13.8. The third kappa shape index (κ3) is 3.63. The first kappa shape index (κ1) is 16.2. The van der Waals surface area contributed by atoms with Gasteiger partial charge in [0.05, 0.1) is 12.6 Å². The topological polar surface area (TPSA) is 54.2 Å². The lowest BCUT2D eigenvalue weighted by atomic mass is 10.1. The lowest BCUT2D eigenvalue weighted by molar-refractivity contribution is 0.255. The van der Waals surface area contributed by atoms with Crippen LogP contribution < -0.4 is 4.90 Å². The molecule has 5 heteroatoms. The van der Waals surface area contributed by atoms with E-state index in [-0.39, 0.29) is 12.6 Å². The van der Waals surface area contributed by atoms with Gasteiger partial charge in [0.15, 0.2) is 0 Å². The number of hydrogen-bond acceptors (Lipinski definition) is 4. The van der Waals surface area contributed by atoms with Gasteiger partial charge in [-0.25, -0.2) is 9.97 Å². The van der Waals surface area contributed by atoms with Crippen molar-refractivity contribution in [1.82, 2.24) is 14.5 Å². The van der Waals surface area contributed by atoms with Crippen molar-refractivity contribution in [2.45, 2.75) is 25.9 Å². The van der Waals surface area contributed by atoms with Crippen LogP contribution in [-0.4, -0.2) is 32.3 Å². The molecule has 3 rings (SSSR count). The highest BCUT2D eigenvalue weighted by molar-refractivity contribution is 5.48. The Kier molecular flexibility index (Phi) is 5.23. The summed E-state index contributed by atoms with van der Waals surface area (Å²) in [6.07, 6.45) is 8.11. The van der Waals surface area contributed by atoms with Gasteiger partial charge in [-0.3, -0.25) is 4.57 Å². The summed E-state index contributed by atoms with van der Waals surface area (Å²) in [6.45, 7) is 2.93. The number of imidazole rings is 1. The molecule has 1 unspecified atom stereocenters. The maximum Gasteiger partial charge on any atom is 0.137 e. The molecule has 0 fully saturated rings. The van der Waals surface area contributed by atoms with E-state index in [1.165, 1.54) is 0 Å². The number of anilines is 1. The predicted molar refractivity (Wildman–Crippen MR) is 95.1 cm³/mol. The van der Waals surface area contributed by atoms with Crippen LogP contribution in [0.25, 0.3) is 5.82 Å². The number of hydrogen-bond donors (Lipinski definition) is 1. The molecule has 0 spiro atoms. The number of aromatic nitrogens is 3.